The number of hydrogen-bond donors (Lipinski definition) is 5. The molecule has 0 spiro atoms. The van der Waals surface area contributed by atoms with Crippen molar-refractivity contribution in [2.75, 3.05) is 5.73 Å². The standard InChI is InChI=1S/C12H15NO7/c13-5-3-1-2-4-6(5)19-12-9(16)7(14)8(15)10(20-12)11(17)18/h1-4,7-10,12,14-16H,13H2,(H,17,18)/t7-,8+,9-,10+,12-/m1/s1. The van der Waals surface area contributed by atoms with Crippen molar-refractivity contribution in [2.24, 2.45) is 0 Å². The molecule has 6 N–H and O–H groups in total. The molecule has 0 bridgehead atoms. The summed E-state index contributed by atoms with van der Waals surface area (Å²) in [5.41, 5.74) is 5.91. The van der Waals surface area contributed by atoms with Crippen molar-refractivity contribution in [3.8, 4) is 5.75 Å². The van der Waals surface area contributed by atoms with E-state index < -0.39 is 36.7 Å². The Hall–Kier alpha value is -1.87. The molecule has 1 aromatic carbocycles. The van der Waals surface area contributed by atoms with Gasteiger partial charge in [0.25, 0.3) is 0 Å². The van der Waals surface area contributed by atoms with Gasteiger partial charge in [0.2, 0.25) is 6.29 Å². The van der Waals surface area contributed by atoms with Gasteiger partial charge in [-0.15, -0.1) is 0 Å². The zero-order chi connectivity index (χ0) is 14.9. The van der Waals surface area contributed by atoms with Gasteiger partial charge in [-0.1, -0.05) is 12.1 Å². The number of anilines is 1. The number of carboxylic acid groups (broad SMARTS) is 1. The van der Waals surface area contributed by atoms with Crippen molar-refractivity contribution in [3.63, 3.8) is 0 Å². The molecule has 0 amide bonds. The van der Waals surface area contributed by atoms with E-state index in [1.807, 2.05) is 0 Å². The average Bonchev–Trinajstić information content (AvgIpc) is 2.41. The minimum absolute atomic E-state index is 0.171. The van der Waals surface area contributed by atoms with E-state index in [-0.39, 0.29) is 11.4 Å². The van der Waals surface area contributed by atoms with Gasteiger partial charge in [-0.3, -0.25) is 0 Å². The summed E-state index contributed by atoms with van der Waals surface area (Å²) >= 11 is 0. The number of aliphatic hydroxyl groups is 3. The van der Waals surface area contributed by atoms with Crippen molar-refractivity contribution in [2.45, 2.75) is 30.7 Å². The van der Waals surface area contributed by atoms with Crippen LogP contribution >= 0.6 is 0 Å². The highest BCUT2D eigenvalue weighted by Gasteiger charge is 2.48. The molecular weight excluding hydrogens is 270 g/mol. The van der Waals surface area contributed by atoms with Crippen LogP contribution in [0.1, 0.15) is 0 Å². The average molecular weight is 285 g/mol. The first-order valence-corrected chi connectivity index (χ1v) is 5.85. The second kappa shape index (κ2) is 5.63. The lowest BCUT2D eigenvalue weighted by Crippen LogP contribution is -2.61. The van der Waals surface area contributed by atoms with Gasteiger partial charge >= 0.3 is 5.97 Å². The third-order valence-corrected chi connectivity index (χ3v) is 2.98. The normalized spacial score (nSPS) is 33.6. The quantitative estimate of drug-likeness (QED) is 0.424. The molecule has 0 radical (unpaired) electrons. The Labute approximate surface area is 114 Å². The van der Waals surface area contributed by atoms with Crippen molar-refractivity contribution in [1.82, 2.24) is 0 Å². The molecule has 0 aliphatic carbocycles. The largest absolute Gasteiger partial charge is 0.479 e. The molecular formula is C12H15NO7. The van der Waals surface area contributed by atoms with Gasteiger partial charge < -0.3 is 35.6 Å². The van der Waals surface area contributed by atoms with Crippen LogP contribution < -0.4 is 10.5 Å². The summed E-state index contributed by atoms with van der Waals surface area (Å²) in [7, 11) is 0. The highest BCUT2D eigenvalue weighted by atomic mass is 16.7. The van der Waals surface area contributed by atoms with Crippen LogP contribution in [0, 0.1) is 0 Å². The van der Waals surface area contributed by atoms with E-state index in [1.54, 1.807) is 18.2 Å². The Morgan fingerprint density at radius 2 is 1.80 bits per heavy atom. The highest BCUT2D eigenvalue weighted by Crippen LogP contribution is 2.27. The molecule has 1 fully saturated rings. The van der Waals surface area contributed by atoms with E-state index in [9.17, 15) is 20.1 Å². The first-order valence-electron chi connectivity index (χ1n) is 5.85. The monoisotopic (exact) mass is 285 g/mol. The molecule has 5 atom stereocenters. The highest BCUT2D eigenvalue weighted by molar-refractivity contribution is 5.73. The van der Waals surface area contributed by atoms with E-state index in [1.165, 1.54) is 6.07 Å². The summed E-state index contributed by atoms with van der Waals surface area (Å²) < 4.78 is 10.2. The van der Waals surface area contributed by atoms with Gasteiger partial charge in [-0.05, 0) is 12.1 Å². The SMILES string of the molecule is Nc1ccccc1O[C@@H]1O[C@H](C(=O)O)[C@@H](O)[C@@H](O)[C@H]1O. The van der Waals surface area contributed by atoms with Gasteiger partial charge in [0.1, 0.15) is 24.1 Å². The molecule has 8 heteroatoms. The predicted molar refractivity (Wildman–Crippen MR) is 65.8 cm³/mol. The fraction of sp³-hybridized carbons (Fsp3) is 0.417. The van der Waals surface area contributed by atoms with Crippen LogP contribution in [-0.2, 0) is 9.53 Å². The molecule has 2 rings (SSSR count). The first kappa shape index (κ1) is 14.5. The number of hydrogen-bond acceptors (Lipinski definition) is 7. The summed E-state index contributed by atoms with van der Waals surface area (Å²) in [6.07, 6.45) is -8.24. The minimum atomic E-state index is -1.75. The summed E-state index contributed by atoms with van der Waals surface area (Å²) in [5, 5.41) is 37.8. The van der Waals surface area contributed by atoms with Crippen LogP contribution in [0.15, 0.2) is 24.3 Å². The summed E-state index contributed by atoms with van der Waals surface area (Å²) in [5.74, 6) is -1.30. The molecule has 1 aromatic rings. The van der Waals surface area contributed by atoms with Crippen molar-refractivity contribution < 1.29 is 34.7 Å². The fourth-order valence-corrected chi connectivity index (χ4v) is 1.86. The molecule has 20 heavy (non-hydrogen) atoms. The smallest absolute Gasteiger partial charge is 0.335 e. The summed E-state index contributed by atoms with van der Waals surface area (Å²) in [4.78, 5) is 10.9. The number of aliphatic carboxylic acids is 1. The third kappa shape index (κ3) is 2.68. The van der Waals surface area contributed by atoms with Gasteiger partial charge in [-0.2, -0.15) is 0 Å². The zero-order valence-corrected chi connectivity index (χ0v) is 10.3. The Morgan fingerprint density at radius 3 is 2.40 bits per heavy atom. The van der Waals surface area contributed by atoms with Crippen LogP contribution in [0.2, 0.25) is 0 Å². The maximum atomic E-state index is 10.9. The number of aliphatic hydroxyl groups excluding tert-OH is 3. The maximum Gasteiger partial charge on any atom is 0.335 e. The Bertz CT molecular complexity index is 494. The molecule has 0 saturated carbocycles. The van der Waals surface area contributed by atoms with Gasteiger partial charge in [0.05, 0.1) is 5.69 Å². The topological polar surface area (TPSA) is 142 Å². The van der Waals surface area contributed by atoms with E-state index in [2.05, 4.69) is 0 Å². The second-order valence-corrected chi connectivity index (χ2v) is 4.39. The van der Waals surface area contributed by atoms with Crippen LogP contribution in [0.5, 0.6) is 5.75 Å². The molecule has 1 saturated heterocycles. The van der Waals surface area contributed by atoms with Crippen LogP contribution in [0.3, 0.4) is 0 Å². The summed E-state index contributed by atoms with van der Waals surface area (Å²) in [6.45, 7) is 0. The van der Waals surface area contributed by atoms with Gasteiger partial charge in [-0.25, -0.2) is 4.79 Å². The number of carbonyl (C=O) groups is 1. The maximum absolute atomic E-state index is 10.9. The van der Waals surface area contributed by atoms with Crippen LogP contribution in [-0.4, -0.2) is 57.1 Å². The molecule has 0 unspecified atom stereocenters. The molecule has 1 aliphatic rings. The predicted octanol–water partition coefficient (Wildman–Crippen LogP) is -1.46. The molecule has 0 aromatic heterocycles. The fourth-order valence-electron chi connectivity index (χ4n) is 1.86. The van der Waals surface area contributed by atoms with E-state index in [0.29, 0.717) is 0 Å². The number of para-hydroxylation sites is 2. The van der Waals surface area contributed by atoms with Crippen LogP contribution in [0.4, 0.5) is 5.69 Å². The van der Waals surface area contributed by atoms with Gasteiger partial charge in [0.15, 0.2) is 6.10 Å². The van der Waals surface area contributed by atoms with E-state index >= 15 is 0 Å². The number of nitrogen functional groups attached to an aromatic ring is 1. The Balaban J connectivity index is 2.18. The van der Waals surface area contributed by atoms with E-state index in [0.717, 1.165) is 0 Å². The molecule has 1 aliphatic heterocycles. The Morgan fingerprint density at radius 1 is 1.15 bits per heavy atom. The number of rotatable bonds is 3. The van der Waals surface area contributed by atoms with Gasteiger partial charge in [0, 0.05) is 0 Å². The minimum Gasteiger partial charge on any atom is -0.479 e. The second-order valence-electron chi connectivity index (χ2n) is 4.39. The number of carboxylic acids is 1. The van der Waals surface area contributed by atoms with E-state index in [4.69, 9.17) is 20.3 Å². The number of nitrogens with two attached hydrogens (primary N) is 1. The summed E-state index contributed by atoms with van der Waals surface area (Å²) in [6, 6.07) is 6.34. The first-order chi connectivity index (χ1) is 9.41. The lowest BCUT2D eigenvalue weighted by atomic mass is 9.99. The number of ether oxygens (including phenoxy) is 2. The lowest BCUT2D eigenvalue weighted by Gasteiger charge is -2.38. The molecule has 110 valence electrons. The van der Waals surface area contributed by atoms with Crippen molar-refractivity contribution in [3.05, 3.63) is 24.3 Å². The van der Waals surface area contributed by atoms with Crippen LogP contribution in [0.25, 0.3) is 0 Å². The molecule has 8 nitrogen and oxygen atoms in total. The number of benzene rings is 1. The zero-order valence-electron chi connectivity index (χ0n) is 10.3. The molecule has 1 heterocycles. The third-order valence-electron chi connectivity index (χ3n) is 2.98. The Kier molecular flexibility index (Phi) is 4.09. The van der Waals surface area contributed by atoms with Crippen molar-refractivity contribution in [1.29, 1.82) is 0 Å². The van der Waals surface area contributed by atoms with Crippen molar-refractivity contribution >= 4 is 11.7 Å². The lowest BCUT2D eigenvalue weighted by molar-refractivity contribution is -0.271.